The lowest BCUT2D eigenvalue weighted by Crippen LogP contribution is -2.51. The summed E-state index contributed by atoms with van der Waals surface area (Å²) in [5.41, 5.74) is 0. The van der Waals surface area contributed by atoms with Crippen LogP contribution in [0.15, 0.2) is 0 Å². The van der Waals surface area contributed by atoms with Crippen molar-refractivity contribution in [3.63, 3.8) is 0 Å². The Hall–Kier alpha value is -1.14. The number of rotatable bonds is 9. The van der Waals surface area contributed by atoms with Gasteiger partial charge in [0.1, 0.15) is 0 Å². The van der Waals surface area contributed by atoms with Crippen LogP contribution in [-0.4, -0.2) is 61.1 Å². The fourth-order valence-corrected chi connectivity index (χ4v) is 3.85. The zero-order valence-electron chi connectivity index (χ0n) is 16.8. The van der Waals surface area contributed by atoms with Gasteiger partial charge in [-0.05, 0) is 66.0 Å². The number of piperidine rings is 1. The molecule has 1 heterocycles. The molecule has 0 bridgehead atoms. The number of hydrogen-bond donors (Lipinski definition) is 2. The molecule has 2 fully saturated rings. The monoisotopic (exact) mass is 367 g/mol. The van der Waals surface area contributed by atoms with Gasteiger partial charge in [-0.25, -0.2) is 0 Å². The van der Waals surface area contributed by atoms with Crippen molar-refractivity contribution < 1.29 is 14.3 Å². The molecule has 150 valence electrons. The van der Waals surface area contributed by atoms with E-state index in [4.69, 9.17) is 4.74 Å². The Kier molecular flexibility index (Phi) is 8.85. The van der Waals surface area contributed by atoms with Gasteiger partial charge in [0.2, 0.25) is 11.8 Å². The predicted molar refractivity (Wildman–Crippen MR) is 103 cm³/mol. The van der Waals surface area contributed by atoms with Crippen LogP contribution in [0.5, 0.6) is 0 Å². The largest absolute Gasteiger partial charge is 0.379 e. The molecule has 1 saturated carbocycles. The maximum absolute atomic E-state index is 12.4. The predicted octanol–water partition coefficient (Wildman–Crippen LogP) is 2.08. The molecule has 0 spiro atoms. The molecule has 1 aliphatic heterocycles. The van der Waals surface area contributed by atoms with Crippen molar-refractivity contribution in [2.45, 2.75) is 83.9 Å². The van der Waals surface area contributed by atoms with E-state index < -0.39 is 0 Å². The second-order valence-corrected chi connectivity index (χ2v) is 8.04. The van der Waals surface area contributed by atoms with Crippen molar-refractivity contribution in [2.24, 2.45) is 5.92 Å². The van der Waals surface area contributed by atoms with Gasteiger partial charge < -0.3 is 15.4 Å². The fourth-order valence-electron chi connectivity index (χ4n) is 3.85. The number of carbonyl (C=O) groups excluding carboxylic acids is 2. The molecule has 0 unspecified atom stereocenters. The van der Waals surface area contributed by atoms with E-state index in [1.165, 1.54) is 12.8 Å². The van der Waals surface area contributed by atoms with E-state index >= 15 is 0 Å². The summed E-state index contributed by atoms with van der Waals surface area (Å²) < 4.78 is 5.48. The molecule has 26 heavy (non-hydrogen) atoms. The van der Waals surface area contributed by atoms with Crippen molar-refractivity contribution in [1.82, 2.24) is 15.5 Å². The van der Waals surface area contributed by atoms with Crippen molar-refractivity contribution >= 4 is 11.8 Å². The SMILES string of the molecule is CC(C)OCCCNC(=O)C1CCN([C@H](C)C(=O)NC2CCCC2)CC1. The maximum atomic E-state index is 12.4. The van der Waals surface area contributed by atoms with Gasteiger partial charge in [-0.3, -0.25) is 14.5 Å². The standard InChI is InChI=1S/C20H37N3O3/c1-15(2)26-14-6-11-21-20(25)17-9-12-23(13-10-17)16(3)19(24)22-18-7-4-5-8-18/h15-18H,4-14H2,1-3H3,(H,21,25)(H,22,24)/t16-/m1/s1. The number of amides is 2. The van der Waals surface area contributed by atoms with Crippen LogP contribution in [0.25, 0.3) is 0 Å². The van der Waals surface area contributed by atoms with Crippen LogP contribution < -0.4 is 10.6 Å². The minimum atomic E-state index is -0.104. The average Bonchev–Trinajstić information content (AvgIpc) is 3.13. The van der Waals surface area contributed by atoms with Crippen LogP contribution in [-0.2, 0) is 14.3 Å². The molecule has 0 aromatic rings. The van der Waals surface area contributed by atoms with Gasteiger partial charge in [-0.15, -0.1) is 0 Å². The van der Waals surface area contributed by atoms with Crippen molar-refractivity contribution in [1.29, 1.82) is 0 Å². The van der Waals surface area contributed by atoms with Gasteiger partial charge >= 0.3 is 0 Å². The third kappa shape index (κ3) is 6.88. The second-order valence-electron chi connectivity index (χ2n) is 8.04. The zero-order valence-corrected chi connectivity index (χ0v) is 16.8. The summed E-state index contributed by atoms with van der Waals surface area (Å²) in [6.07, 6.45) is 7.42. The van der Waals surface area contributed by atoms with E-state index in [1.807, 2.05) is 20.8 Å². The normalized spacial score (nSPS) is 21.1. The first-order chi connectivity index (χ1) is 12.5. The van der Waals surface area contributed by atoms with Crippen LogP contribution >= 0.6 is 0 Å². The molecule has 2 amide bonds. The third-order valence-electron chi connectivity index (χ3n) is 5.60. The molecule has 2 N–H and O–H groups in total. The molecular weight excluding hydrogens is 330 g/mol. The molecule has 1 saturated heterocycles. The van der Waals surface area contributed by atoms with Crippen molar-refractivity contribution in [2.75, 3.05) is 26.2 Å². The molecule has 0 radical (unpaired) electrons. The molecule has 6 nitrogen and oxygen atoms in total. The van der Waals surface area contributed by atoms with Crippen molar-refractivity contribution in [3.05, 3.63) is 0 Å². The van der Waals surface area contributed by atoms with Crippen LogP contribution in [0.4, 0.5) is 0 Å². The summed E-state index contributed by atoms with van der Waals surface area (Å²) in [5, 5.41) is 6.21. The quantitative estimate of drug-likeness (QED) is 0.612. The molecule has 2 rings (SSSR count). The second kappa shape index (κ2) is 10.9. The summed E-state index contributed by atoms with van der Waals surface area (Å²) in [4.78, 5) is 26.9. The lowest BCUT2D eigenvalue weighted by Gasteiger charge is -2.35. The Morgan fingerprint density at radius 3 is 2.35 bits per heavy atom. The molecule has 1 aliphatic carbocycles. The number of likely N-dealkylation sites (tertiary alicyclic amines) is 1. The average molecular weight is 368 g/mol. The highest BCUT2D eigenvalue weighted by atomic mass is 16.5. The van der Waals surface area contributed by atoms with Crippen LogP contribution in [0.1, 0.15) is 65.7 Å². The molecular formula is C20H37N3O3. The van der Waals surface area contributed by atoms with Crippen LogP contribution in [0, 0.1) is 5.92 Å². The Morgan fingerprint density at radius 2 is 1.73 bits per heavy atom. The Morgan fingerprint density at radius 1 is 1.08 bits per heavy atom. The van der Waals surface area contributed by atoms with Gasteiger partial charge in [-0.2, -0.15) is 0 Å². The number of nitrogens with zero attached hydrogens (tertiary/aromatic N) is 1. The molecule has 2 aliphatic rings. The lowest BCUT2D eigenvalue weighted by atomic mass is 9.95. The summed E-state index contributed by atoms with van der Waals surface area (Å²) in [6.45, 7) is 9.00. The van der Waals surface area contributed by atoms with Gasteiger partial charge in [0.25, 0.3) is 0 Å². The number of carbonyl (C=O) groups is 2. The van der Waals surface area contributed by atoms with Crippen molar-refractivity contribution in [3.8, 4) is 0 Å². The van der Waals surface area contributed by atoms with E-state index in [0.717, 1.165) is 45.2 Å². The maximum Gasteiger partial charge on any atom is 0.237 e. The number of ether oxygens (including phenoxy) is 1. The summed E-state index contributed by atoms with van der Waals surface area (Å²) >= 11 is 0. The van der Waals surface area contributed by atoms with E-state index in [1.54, 1.807) is 0 Å². The van der Waals surface area contributed by atoms with Gasteiger partial charge in [0.05, 0.1) is 12.1 Å². The number of nitrogens with one attached hydrogen (secondary N) is 2. The highest BCUT2D eigenvalue weighted by molar-refractivity contribution is 5.82. The minimum absolute atomic E-state index is 0.0716. The Balaban J connectivity index is 1.62. The van der Waals surface area contributed by atoms with Crippen LogP contribution in [0.3, 0.4) is 0 Å². The highest BCUT2D eigenvalue weighted by Gasteiger charge is 2.30. The van der Waals surface area contributed by atoms with E-state index in [9.17, 15) is 9.59 Å². The molecule has 0 aromatic heterocycles. The smallest absolute Gasteiger partial charge is 0.237 e. The minimum Gasteiger partial charge on any atom is -0.379 e. The summed E-state index contributed by atoms with van der Waals surface area (Å²) in [7, 11) is 0. The molecule has 1 atom stereocenters. The molecule has 0 aromatic carbocycles. The molecule has 6 heteroatoms. The Labute approximate surface area is 158 Å². The van der Waals surface area contributed by atoms with Gasteiger partial charge in [-0.1, -0.05) is 12.8 Å². The topological polar surface area (TPSA) is 70.7 Å². The number of hydrogen-bond acceptors (Lipinski definition) is 4. The highest BCUT2D eigenvalue weighted by Crippen LogP contribution is 2.21. The first-order valence-electron chi connectivity index (χ1n) is 10.4. The zero-order chi connectivity index (χ0) is 18.9. The van der Waals surface area contributed by atoms with E-state index in [-0.39, 0.29) is 29.9 Å². The van der Waals surface area contributed by atoms with E-state index in [2.05, 4.69) is 15.5 Å². The van der Waals surface area contributed by atoms with Gasteiger partial charge in [0.15, 0.2) is 0 Å². The van der Waals surface area contributed by atoms with E-state index in [0.29, 0.717) is 19.2 Å². The van der Waals surface area contributed by atoms with Crippen LogP contribution in [0.2, 0.25) is 0 Å². The summed E-state index contributed by atoms with van der Waals surface area (Å²) in [5.74, 6) is 0.365. The Bertz CT molecular complexity index is 442. The first kappa shape index (κ1) is 21.2. The lowest BCUT2D eigenvalue weighted by molar-refractivity contribution is -0.129. The first-order valence-corrected chi connectivity index (χ1v) is 10.4. The third-order valence-corrected chi connectivity index (χ3v) is 5.60. The fraction of sp³-hybridized carbons (Fsp3) is 0.900. The van der Waals surface area contributed by atoms with Gasteiger partial charge in [0, 0.05) is 25.1 Å². The summed E-state index contributed by atoms with van der Waals surface area (Å²) in [6, 6.07) is 0.265.